The van der Waals surface area contributed by atoms with E-state index >= 15 is 0 Å². The Bertz CT molecular complexity index is 575. The first-order chi connectivity index (χ1) is 10.0. The number of amides is 1. The predicted molar refractivity (Wildman–Crippen MR) is 90.5 cm³/mol. The molecule has 21 heavy (non-hydrogen) atoms. The van der Waals surface area contributed by atoms with E-state index in [-0.39, 0.29) is 18.2 Å². The third-order valence-corrected chi connectivity index (χ3v) is 3.65. The maximum atomic E-state index is 12.1. The minimum Gasteiger partial charge on any atom is -0.394 e. The quantitative estimate of drug-likeness (QED) is 0.390. The van der Waals surface area contributed by atoms with Crippen molar-refractivity contribution in [1.29, 1.82) is 5.26 Å². The summed E-state index contributed by atoms with van der Waals surface area (Å²) >= 11 is 2.20. The van der Waals surface area contributed by atoms with Gasteiger partial charge in [0.05, 0.1) is 6.61 Å². The van der Waals surface area contributed by atoms with Gasteiger partial charge in [-0.2, -0.15) is 5.26 Å². The van der Waals surface area contributed by atoms with Gasteiger partial charge in [0.15, 0.2) is 0 Å². The summed E-state index contributed by atoms with van der Waals surface area (Å²) in [5, 5.41) is 23.7. The first kappa shape index (κ1) is 17.5. The molecule has 0 aliphatic heterocycles. The highest BCUT2D eigenvalue weighted by Gasteiger charge is 2.11. The molecule has 0 saturated heterocycles. The standard InChI is InChI=1S/C15H18IN3O2/c1-3-13(9-20)18-8-11(7-17)15(21)19-14-5-4-12(16)6-10(14)2/h4-6,8,13,18,20H,3,9H2,1-2H3,(H,19,21)/b11-8-. The number of nitrogens with one attached hydrogen (secondary N) is 2. The summed E-state index contributed by atoms with van der Waals surface area (Å²) in [5.41, 5.74) is 1.58. The van der Waals surface area contributed by atoms with Crippen molar-refractivity contribution in [3.63, 3.8) is 0 Å². The fraction of sp³-hybridized carbons (Fsp3) is 0.333. The molecule has 0 aromatic heterocycles. The average Bonchev–Trinajstić information content (AvgIpc) is 2.46. The Kier molecular flexibility index (Phi) is 7.19. The molecular weight excluding hydrogens is 381 g/mol. The van der Waals surface area contributed by atoms with Gasteiger partial charge in [0, 0.05) is 21.5 Å². The Morgan fingerprint density at radius 3 is 2.81 bits per heavy atom. The SMILES string of the molecule is CCC(CO)N/C=C(/C#N)C(=O)Nc1ccc(I)cc1C. The highest BCUT2D eigenvalue weighted by molar-refractivity contribution is 14.1. The number of carbonyl (C=O) groups excluding carboxylic acids is 1. The molecule has 0 heterocycles. The van der Waals surface area contributed by atoms with Crippen LogP contribution >= 0.6 is 22.6 Å². The number of aryl methyl sites for hydroxylation is 1. The van der Waals surface area contributed by atoms with Crippen LogP contribution in [0.5, 0.6) is 0 Å². The number of anilines is 1. The largest absolute Gasteiger partial charge is 0.394 e. The lowest BCUT2D eigenvalue weighted by atomic mass is 10.2. The molecule has 112 valence electrons. The number of hydrogen-bond donors (Lipinski definition) is 3. The molecule has 1 unspecified atom stereocenters. The molecule has 1 rings (SSSR count). The summed E-state index contributed by atoms with van der Waals surface area (Å²) in [6.07, 6.45) is 2.05. The highest BCUT2D eigenvalue weighted by Crippen LogP contribution is 2.18. The van der Waals surface area contributed by atoms with E-state index < -0.39 is 5.91 Å². The number of carbonyl (C=O) groups is 1. The zero-order chi connectivity index (χ0) is 15.8. The number of hydrogen-bond acceptors (Lipinski definition) is 4. The topological polar surface area (TPSA) is 85.2 Å². The number of benzene rings is 1. The van der Waals surface area contributed by atoms with Gasteiger partial charge in [0.2, 0.25) is 0 Å². The normalized spacial score (nSPS) is 12.4. The molecule has 0 saturated carbocycles. The second kappa shape index (κ2) is 8.64. The lowest BCUT2D eigenvalue weighted by Gasteiger charge is -2.12. The summed E-state index contributed by atoms with van der Waals surface area (Å²) in [5.74, 6) is -0.470. The van der Waals surface area contributed by atoms with Gasteiger partial charge in [0.1, 0.15) is 11.6 Å². The van der Waals surface area contributed by atoms with Gasteiger partial charge in [-0.15, -0.1) is 0 Å². The summed E-state index contributed by atoms with van der Waals surface area (Å²) in [7, 11) is 0. The number of halogens is 1. The Hall–Kier alpha value is -1.59. The van der Waals surface area contributed by atoms with Crippen molar-refractivity contribution < 1.29 is 9.90 Å². The first-order valence-corrected chi connectivity index (χ1v) is 7.64. The van der Waals surface area contributed by atoms with Gasteiger partial charge < -0.3 is 15.7 Å². The number of nitriles is 1. The van der Waals surface area contributed by atoms with Gasteiger partial charge in [-0.1, -0.05) is 6.92 Å². The van der Waals surface area contributed by atoms with Crippen LogP contribution in [0.1, 0.15) is 18.9 Å². The Labute approximate surface area is 138 Å². The average molecular weight is 399 g/mol. The van der Waals surface area contributed by atoms with Crippen molar-refractivity contribution in [2.24, 2.45) is 0 Å². The van der Waals surface area contributed by atoms with Crippen molar-refractivity contribution in [2.75, 3.05) is 11.9 Å². The minimum atomic E-state index is -0.470. The van der Waals surface area contributed by atoms with Gasteiger partial charge >= 0.3 is 0 Å². The number of aliphatic hydroxyl groups is 1. The van der Waals surface area contributed by atoms with Crippen LogP contribution in [-0.4, -0.2) is 23.7 Å². The molecule has 0 aliphatic rings. The predicted octanol–water partition coefficient (Wildman–Crippen LogP) is 2.31. The van der Waals surface area contributed by atoms with E-state index in [1.807, 2.05) is 32.0 Å². The van der Waals surface area contributed by atoms with E-state index in [0.717, 1.165) is 9.13 Å². The van der Waals surface area contributed by atoms with Crippen LogP contribution in [0.15, 0.2) is 30.0 Å². The molecule has 5 nitrogen and oxygen atoms in total. The summed E-state index contributed by atoms with van der Waals surface area (Å²) in [6, 6.07) is 7.33. The Morgan fingerprint density at radius 2 is 2.29 bits per heavy atom. The molecule has 0 spiro atoms. The van der Waals surface area contributed by atoms with Crippen LogP contribution in [-0.2, 0) is 4.79 Å². The summed E-state index contributed by atoms with van der Waals surface area (Å²) in [6.45, 7) is 3.75. The van der Waals surface area contributed by atoms with E-state index in [2.05, 4.69) is 33.2 Å². The van der Waals surface area contributed by atoms with E-state index in [9.17, 15) is 4.79 Å². The molecule has 0 aliphatic carbocycles. The number of aliphatic hydroxyl groups excluding tert-OH is 1. The van der Waals surface area contributed by atoms with Crippen LogP contribution in [0.2, 0.25) is 0 Å². The third kappa shape index (κ3) is 5.36. The van der Waals surface area contributed by atoms with Gasteiger partial charge in [0.25, 0.3) is 5.91 Å². The van der Waals surface area contributed by atoms with Gasteiger partial charge in [-0.3, -0.25) is 4.79 Å². The van der Waals surface area contributed by atoms with Gasteiger partial charge in [-0.05, 0) is 59.7 Å². The van der Waals surface area contributed by atoms with Crippen LogP contribution in [0.3, 0.4) is 0 Å². The summed E-state index contributed by atoms with van der Waals surface area (Å²) < 4.78 is 1.08. The lowest BCUT2D eigenvalue weighted by molar-refractivity contribution is -0.112. The third-order valence-electron chi connectivity index (χ3n) is 2.98. The highest BCUT2D eigenvalue weighted by atomic mass is 127. The van der Waals surface area contributed by atoms with Crippen molar-refractivity contribution in [1.82, 2.24) is 5.32 Å². The van der Waals surface area contributed by atoms with Crippen LogP contribution in [0.25, 0.3) is 0 Å². The van der Waals surface area contributed by atoms with Crippen LogP contribution in [0, 0.1) is 21.8 Å². The molecule has 0 bridgehead atoms. The second-order valence-electron chi connectivity index (χ2n) is 4.54. The molecule has 3 N–H and O–H groups in total. The summed E-state index contributed by atoms with van der Waals surface area (Å²) in [4.78, 5) is 12.1. The van der Waals surface area contributed by atoms with Crippen molar-refractivity contribution >= 4 is 34.2 Å². The smallest absolute Gasteiger partial charge is 0.267 e. The van der Waals surface area contributed by atoms with Crippen LogP contribution in [0.4, 0.5) is 5.69 Å². The monoisotopic (exact) mass is 399 g/mol. The Balaban J connectivity index is 2.80. The zero-order valence-corrected chi connectivity index (χ0v) is 14.1. The zero-order valence-electron chi connectivity index (χ0n) is 12.0. The van der Waals surface area contributed by atoms with Crippen molar-refractivity contribution in [3.05, 3.63) is 39.1 Å². The lowest BCUT2D eigenvalue weighted by Crippen LogP contribution is -2.28. The van der Waals surface area contributed by atoms with Crippen molar-refractivity contribution in [2.45, 2.75) is 26.3 Å². The van der Waals surface area contributed by atoms with E-state index in [0.29, 0.717) is 12.1 Å². The molecule has 0 fully saturated rings. The maximum absolute atomic E-state index is 12.1. The minimum absolute atomic E-state index is 0.0279. The van der Waals surface area contributed by atoms with E-state index in [4.69, 9.17) is 10.4 Å². The fourth-order valence-electron chi connectivity index (χ4n) is 1.61. The number of nitrogens with zero attached hydrogens (tertiary/aromatic N) is 1. The molecule has 1 atom stereocenters. The first-order valence-electron chi connectivity index (χ1n) is 6.56. The van der Waals surface area contributed by atoms with E-state index in [1.165, 1.54) is 6.20 Å². The number of rotatable bonds is 6. The molecule has 1 amide bonds. The molecule has 0 radical (unpaired) electrons. The fourth-order valence-corrected chi connectivity index (χ4v) is 2.25. The van der Waals surface area contributed by atoms with Crippen molar-refractivity contribution in [3.8, 4) is 6.07 Å². The second-order valence-corrected chi connectivity index (χ2v) is 5.78. The molecular formula is C15H18IN3O2. The Morgan fingerprint density at radius 1 is 1.57 bits per heavy atom. The molecule has 1 aromatic carbocycles. The van der Waals surface area contributed by atoms with Gasteiger partial charge in [-0.25, -0.2) is 0 Å². The molecule has 6 heteroatoms. The van der Waals surface area contributed by atoms with E-state index in [1.54, 1.807) is 6.07 Å². The maximum Gasteiger partial charge on any atom is 0.267 e. The van der Waals surface area contributed by atoms with Crippen LogP contribution < -0.4 is 10.6 Å². The molecule has 1 aromatic rings.